The normalized spacial score (nSPS) is 31.3. The lowest BCUT2D eigenvalue weighted by Crippen LogP contribution is -2.45. The summed E-state index contributed by atoms with van der Waals surface area (Å²) in [7, 11) is 0. The highest BCUT2D eigenvalue weighted by Crippen LogP contribution is 2.23. The minimum atomic E-state index is 0.181. The molecule has 0 spiro atoms. The summed E-state index contributed by atoms with van der Waals surface area (Å²) in [6.45, 7) is 2.76. The standard InChI is InChI=1S/C12H22N2O/c1-9-4-2-3-5-11(9)14-12(15)8-13-10-6-7-10/h9-11,13H,2-8H2,1H3,(H,14,15)/t9-,11-/m0/s1. The van der Waals surface area contributed by atoms with Crippen molar-refractivity contribution in [2.75, 3.05) is 6.54 Å². The average molecular weight is 210 g/mol. The Kier molecular flexibility index (Phi) is 3.62. The van der Waals surface area contributed by atoms with Crippen LogP contribution in [0.25, 0.3) is 0 Å². The molecule has 2 N–H and O–H groups in total. The van der Waals surface area contributed by atoms with Gasteiger partial charge in [0.2, 0.25) is 5.91 Å². The first-order valence-electron chi connectivity index (χ1n) is 6.28. The highest BCUT2D eigenvalue weighted by atomic mass is 16.2. The van der Waals surface area contributed by atoms with Gasteiger partial charge in [0, 0.05) is 12.1 Å². The highest BCUT2D eigenvalue weighted by molar-refractivity contribution is 5.78. The van der Waals surface area contributed by atoms with E-state index in [0.29, 0.717) is 24.5 Å². The Morgan fingerprint density at radius 1 is 1.20 bits per heavy atom. The number of carbonyl (C=O) groups is 1. The SMILES string of the molecule is C[C@H]1CCCC[C@@H]1NC(=O)CNC1CC1. The van der Waals surface area contributed by atoms with Crippen LogP contribution in [0.15, 0.2) is 0 Å². The Bertz CT molecular complexity index is 226. The molecule has 0 radical (unpaired) electrons. The molecule has 1 amide bonds. The molecule has 2 saturated carbocycles. The summed E-state index contributed by atoms with van der Waals surface area (Å²) in [5.74, 6) is 0.837. The Morgan fingerprint density at radius 3 is 2.60 bits per heavy atom. The van der Waals surface area contributed by atoms with E-state index in [1.54, 1.807) is 0 Å². The Morgan fingerprint density at radius 2 is 1.93 bits per heavy atom. The predicted molar refractivity (Wildman–Crippen MR) is 60.6 cm³/mol. The predicted octanol–water partition coefficient (Wildman–Crippen LogP) is 1.43. The fourth-order valence-electron chi connectivity index (χ4n) is 2.31. The van der Waals surface area contributed by atoms with Gasteiger partial charge in [-0.05, 0) is 31.6 Å². The summed E-state index contributed by atoms with van der Waals surface area (Å²) in [5, 5.41) is 6.40. The zero-order chi connectivity index (χ0) is 10.7. The minimum absolute atomic E-state index is 0.181. The fourth-order valence-corrected chi connectivity index (χ4v) is 2.31. The topological polar surface area (TPSA) is 41.1 Å². The van der Waals surface area contributed by atoms with E-state index in [-0.39, 0.29) is 5.91 Å². The maximum Gasteiger partial charge on any atom is 0.234 e. The Hall–Kier alpha value is -0.570. The van der Waals surface area contributed by atoms with Crippen LogP contribution < -0.4 is 10.6 Å². The second-order valence-electron chi connectivity index (χ2n) is 5.09. The summed E-state index contributed by atoms with van der Waals surface area (Å²) in [4.78, 5) is 11.6. The van der Waals surface area contributed by atoms with Crippen molar-refractivity contribution in [3.63, 3.8) is 0 Å². The summed E-state index contributed by atoms with van der Waals surface area (Å²) in [6, 6.07) is 1.05. The van der Waals surface area contributed by atoms with Gasteiger partial charge in [0.05, 0.1) is 6.54 Å². The van der Waals surface area contributed by atoms with Gasteiger partial charge in [-0.2, -0.15) is 0 Å². The van der Waals surface area contributed by atoms with Gasteiger partial charge in [-0.15, -0.1) is 0 Å². The zero-order valence-corrected chi connectivity index (χ0v) is 9.59. The van der Waals surface area contributed by atoms with E-state index < -0.39 is 0 Å². The molecule has 0 bridgehead atoms. The molecule has 0 aromatic carbocycles. The quantitative estimate of drug-likeness (QED) is 0.737. The maximum atomic E-state index is 11.6. The smallest absolute Gasteiger partial charge is 0.234 e. The van der Waals surface area contributed by atoms with Crippen molar-refractivity contribution in [1.29, 1.82) is 0 Å². The van der Waals surface area contributed by atoms with Crippen molar-refractivity contribution in [3.05, 3.63) is 0 Å². The molecule has 2 fully saturated rings. The van der Waals surface area contributed by atoms with Gasteiger partial charge in [0.25, 0.3) is 0 Å². The molecule has 0 saturated heterocycles. The molecular weight excluding hydrogens is 188 g/mol. The van der Waals surface area contributed by atoms with Crippen LogP contribution >= 0.6 is 0 Å². The number of carbonyl (C=O) groups excluding carboxylic acids is 1. The van der Waals surface area contributed by atoms with Crippen LogP contribution in [0.3, 0.4) is 0 Å². The molecule has 0 aliphatic heterocycles. The third kappa shape index (κ3) is 3.49. The Labute approximate surface area is 92.0 Å². The van der Waals surface area contributed by atoms with Gasteiger partial charge in [-0.1, -0.05) is 19.8 Å². The van der Waals surface area contributed by atoms with Crippen LogP contribution in [-0.2, 0) is 4.79 Å². The van der Waals surface area contributed by atoms with E-state index in [1.165, 1.54) is 32.1 Å². The number of rotatable bonds is 4. The zero-order valence-electron chi connectivity index (χ0n) is 9.59. The van der Waals surface area contributed by atoms with Gasteiger partial charge in [0.15, 0.2) is 0 Å². The number of nitrogens with one attached hydrogen (secondary N) is 2. The van der Waals surface area contributed by atoms with Crippen LogP contribution in [-0.4, -0.2) is 24.5 Å². The van der Waals surface area contributed by atoms with Crippen LogP contribution in [0, 0.1) is 5.92 Å². The lowest BCUT2D eigenvalue weighted by Gasteiger charge is -2.29. The van der Waals surface area contributed by atoms with E-state index in [9.17, 15) is 4.79 Å². The molecular formula is C12H22N2O. The molecule has 0 unspecified atom stereocenters. The molecule has 3 heteroatoms. The molecule has 0 aromatic rings. The second-order valence-corrected chi connectivity index (χ2v) is 5.09. The van der Waals surface area contributed by atoms with Gasteiger partial charge < -0.3 is 10.6 Å². The monoisotopic (exact) mass is 210 g/mol. The van der Waals surface area contributed by atoms with E-state index >= 15 is 0 Å². The van der Waals surface area contributed by atoms with Crippen molar-refractivity contribution in [2.45, 2.75) is 57.5 Å². The van der Waals surface area contributed by atoms with Crippen molar-refractivity contribution in [3.8, 4) is 0 Å². The van der Waals surface area contributed by atoms with Gasteiger partial charge >= 0.3 is 0 Å². The summed E-state index contributed by atoms with van der Waals surface area (Å²) < 4.78 is 0. The molecule has 86 valence electrons. The fraction of sp³-hybridized carbons (Fsp3) is 0.917. The number of hydrogen-bond acceptors (Lipinski definition) is 2. The molecule has 3 nitrogen and oxygen atoms in total. The first-order valence-corrected chi connectivity index (χ1v) is 6.28. The van der Waals surface area contributed by atoms with Gasteiger partial charge in [-0.3, -0.25) is 4.79 Å². The lowest BCUT2D eigenvalue weighted by atomic mass is 9.86. The van der Waals surface area contributed by atoms with E-state index in [4.69, 9.17) is 0 Å². The first-order chi connectivity index (χ1) is 7.25. The third-order valence-corrected chi connectivity index (χ3v) is 3.59. The van der Waals surface area contributed by atoms with Crippen molar-refractivity contribution in [1.82, 2.24) is 10.6 Å². The summed E-state index contributed by atoms with van der Waals surface area (Å²) in [6.07, 6.45) is 7.51. The average Bonchev–Trinajstić information content (AvgIpc) is 3.02. The molecule has 0 heterocycles. The molecule has 0 aromatic heterocycles. The molecule has 2 aliphatic rings. The largest absolute Gasteiger partial charge is 0.352 e. The third-order valence-electron chi connectivity index (χ3n) is 3.59. The second kappa shape index (κ2) is 4.97. The van der Waals surface area contributed by atoms with Crippen LogP contribution in [0.5, 0.6) is 0 Å². The van der Waals surface area contributed by atoms with Crippen LogP contribution in [0.2, 0.25) is 0 Å². The molecule has 2 aliphatic carbocycles. The van der Waals surface area contributed by atoms with Crippen molar-refractivity contribution in [2.24, 2.45) is 5.92 Å². The van der Waals surface area contributed by atoms with Crippen molar-refractivity contribution >= 4 is 5.91 Å². The van der Waals surface area contributed by atoms with Gasteiger partial charge in [0.1, 0.15) is 0 Å². The highest BCUT2D eigenvalue weighted by Gasteiger charge is 2.24. The van der Waals surface area contributed by atoms with Crippen LogP contribution in [0.1, 0.15) is 45.4 Å². The van der Waals surface area contributed by atoms with Crippen LogP contribution in [0.4, 0.5) is 0 Å². The van der Waals surface area contributed by atoms with Crippen molar-refractivity contribution < 1.29 is 4.79 Å². The molecule has 2 rings (SSSR count). The first kappa shape index (κ1) is 10.9. The maximum absolute atomic E-state index is 11.6. The molecule has 15 heavy (non-hydrogen) atoms. The summed E-state index contributed by atoms with van der Waals surface area (Å²) >= 11 is 0. The minimum Gasteiger partial charge on any atom is -0.352 e. The number of hydrogen-bond donors (Lipinski definition) is 2. The summed E-state index contributed by atoms with van der Waals surface area (Å²) in [5.41, 5.74) is 0. The van der Waals surface area contributed by atoms with E-state index in [1.807, 2.05) is 0 Å². The van der Waals surface area contributed by atoms with E-state index in [2.05, 4.69) is 17.6 Å². The van der Waals surface area contributed by atoms with Gasteiger partial charge in [-0.25, -0.2) is 0 Å². The van der Waals surface area contributed by atoms with E-state index in [0.717, 1.165) is 6.42 Å². The molecule has 2 atom stereocenters. The Balaban J connectivity index is 1.66. The lowest BCUT2D eigenvalue weighted by molar-refractivity contribution is -0.121. The number of amides is 1.